The number of nitrogens with one attached hydrogen (secondary N) is 2. The summed E-state index contributed by atoms with van der Waals surface area (Å²) in [6, 6.07) is 10.7. The molecule has 0 aliphatic heterocycles. The third-order valence-electron chi connectivity index (χ3n) is 5.98. The van der Waals surface area contributed by atoms with Crippen LogP contribution in [-0.4, -0.2) is 37.7 Å². The van der Waals surface area contributed by atoms with Crippen LogP contribution >= 0.6 is 0 Å². The summed E-state index contributed by atoms with van der Waals surface area (Å²) >= 11 is 0. The fourth-order valence-corrected chi connectivity index (χ4v) is 4.06. The topological polar surface area (TPSA) is 84.7 Å². The van der Waals surface area contributed by atoms with Crippen LogP contribution in [0.25, 0.3) is 16.7 Å². The quantitative estimate of drug-likeness (QED) is 0.641. The van der Waals surface area contributed by atoms with Crippen molar-refractivity contribution >= 4 is 22.8 Å². The van der Waals surface area contributed by atoms with Crippen molar-refractivity contribution in [2.75, 3.05) is 5.32 Å². The third-order valence-corrected chi connectivity index (χ3v) is 5.98. The molecule has 30 heavy (non-hydrogen) atoms. The SMILES string of the molecule is CCC(C)c1nc(NC2CCC(NC(C)=O)CC2)c2cnn(-c3ccccc3)c2n1. The Balaban J connectivity index is 1.64. The van der Waals surface area contributed by atoms with E-state index in [-0.39, 0.29) is 17.9 Å². The molecule has 1 aliphatic rings. The first-order chi connectivity index (χ1) is 14.5. The number of fused-ring (bicyclic) bond motifs is 1. The van der Waals surface area contributed by atoms with Crippen LogP contribution in [0.2, 0.25) is 0 Å². The minimum atomic E-state index is 0.0513. The lowest BCUT2D eigenvalue weighted by Crippen LogP contribution is -2.39. The van der Waals surface area contributed by atoms with Crippen molar-refractivity contribution in [3.8, 4) is 5.69 Å². The summed E-state index contributed by atoms with van der Waals surface area (Å²) < 4.78 is 1.89. The van der Waals surface area contributed by atoms with Gasteiger partial charge in [0.25, 0.3) is 0 Å². The summed E-state index contributed by atoms with van der Waals surface area (Å²) in [5, 5.41) is 12.3. The second-order valence-electron chi connectivity index (χ2n) is 8.26. The van der Waals surface area contributed by atoms with E-state index in [0.29, 0.717) is 6.04 Å². The molecule has 1 aromatic carbocycles. The Bertz CT molecular complexity index is 1010. The Morgan fingerprint density at radius 1 is 1.13 bits per heavy atom. The molecule has 7 heteroatoms. The number of benzene rings is 1. The van der Waals surface area contributed by atoms with Crippen LogP contribution in [0.5, 0.6) is 0 Å². The summed E-state index contributed by atoms with van der Waals surface area (Å²) in [6.07, 6.45) is 6.80. The maximum Gasteiger partial charge on any atom is 0.217 e. The van der Waals surface area contributed by atoms with Crippen molar-refractivity contribution in [1.29, 1.82) is 0 Å². The van der Waals surface area contributed by atoms with Crippen molar-refractivity contribution in [2.45, 2.75) is 70.9 Å². The number of anilines is 1. The summed E-state index contributed by atoms with van der Waals surface area (Å²) in [5.41, 5.74) is 1.82. The van der Waals surface area contributed by atoms with Gasteiger partial charge in [-0.25, -0.2) is 14.6 Å². The van der Waals surface area contributed by atoms with Gasteiger partial charge in [0.2, 0.25) is 5.91 Å². The predicted molar refractivity (Wildman–Crippen MR) is 119 cm³/mol. The number of amides is 1. The first-order valence-electron chi connectivity index (χ1n) is 10.9. The average Bonchev–Trinajstić information content (AvgIpc) is 3.19. The van der Waals surface area contributed by atoms with Crippen LogP contribution in [0.3, 0.4) is 0 Å². The number of hydrogen-bond donors (Lipinski definition) is 2. The average molecular weight is 407 g/mol. The summed E-state index contributed by atoms with van der Waals surface area (Å²) in [6.45, 7) is 5.90. The Kier molecular flexibility index (Phi) is 5.97. The van der Waals surface area contributed by atoms with Gasteiger partial charge in [0.1, 0.15) is 11.6 Å². The molecule has 1 aliphatic carbocycles. The maximum atomic E-state index is 11.3. The van der Waals surface area contributed by atoms with Crippen molar-refractivity contribution in [3.63, 3.8) is 0 Å². The lowest BCUT2D eigenvalue weighted by atomic mass is 9.91. The fourth-order valence-electron chi connectivity index (χ4n) is 4.06. The van der Waals surface area contributed by atoms with Crippen LogP contribution in [0.1, 0.15) is 64.6 Å². The number of aromatic nitrogens is 4. The van der Waals surface area contributed by atoms with E-state index in [4.69, 9.17) is 9.97 Å². The number of carbonyl (C=O) groups excluding carboxylic acids is 1. The molecule has 1 unspecified atom stereocenters. The molecule has 2 aromatic heterocycles. The molecule has 1 amide bonds. The number of rotatable bonds is 6. The van der Waals surface area contributed by atoms with E-state index in [9.17, 15) is 4.79 Å². The molecular formula is C23H30N6O. The van der Waals surface area contributed by atoms with Crippen molar-refractivity contribution in [1.82, 2.24) is 25.1 Å². The van der Waals surface area contributed by atoms with E-state index in [2.05, 4.69) is 29.6 Å². The molecule has 1 saturated carbocycles. The van der Waals surface area contributed by atoms with Crippen molar-refractivity contribution < 1.29 is 4.79 Å². The van der Waals surface area contributed by atoms with Gasteiger partial charge in [-0.15, -0.1) is 0 Å². The number of nitrogens with zero attached hydrogens (tertiary/aromatic N) is 4. The van der Waals surface area contributed by atoms with E-state index in [0.717, 1.165) is 60.5 Å². The molecule has 0 bridgehead atoms. The number of para-hydroxylation sites is 1. The zero-order valence-corrected chi connectivity index (χ0v) is 17.9. The Hall–Kier alpha value is -2.96. The molecule has 0 spiro atoms. The summed E-state index contributed by atoms with van der Waals surface area (Å²) in [4.78, 5) is 21.1. The minimum absolute atomic E-state index is 0.0513. The van der Waals surface area contributed by atoms with Gasteiger partial charge in [-0.3, -0.25) is 4.79 Å². The number of hydrogen-bond acceptors (Lipinski definition) is 5. The van der Waals surface area contributed by atoms with Gasteiger partial charge >= 0.3 is 0 Å². The fraction of sp³-hybridized carbons (Fsp3) is 0.478. The Morgan fingerprint density at radius 2 is 1.83 bits per heavy atom. The Morgan fingerprint density at radius 3 is 2.50 bits per heavy atom. The molecule has 4 rings (SSSR count). The maximum absolute atomic E-state index is 11.3. The molecular weight excluding hydrogens is 376 g/mol. The standard InChI is InChI=1S/C23H30N6O/c1-4-15(2)21-27-22(26-18-12-10-17(11-13-18)25-16(3)30)20-14-24-29(23(20)28-21)19-8-6-5-7-9-19/h5-9,14-15,17-18H,4,10-13H2,1-3H3,(H,25,30)(H,26,27,28). The van der Waals surface area contributed by atoms with Gasteiger partial charge in [-0.05, 0) is 44.2 Å². The monoisotopic (exact) mass is 406 g/mol. The van der Waals surface area contributed by atoms with Crippen LogP contribution in [0, 0.1) is 0 Å². The third kappa shape index (κ3) is 4.30. The smallest absolute Gasteiger partial charge is 0.217 e. The molecule has 1 fully saturated rings. The highest BCUT2D eigenvalue weighted by atomic mass is 16.1. The normalized spacial score (nSPS) is 20.1. The molecule has 0 saturated heterocycles. The number of carbonyl (C=O) groups is 1. The Labute approximate surface area is 177 Å². The van der Waals surface area contributed by atoms with Crippen molar-refractivity contribution in [3.05, 3.63) is 42.4 Å². The van der Waals surface area contributed by atoms with Gasteiger partial charge in [-0.1, -0.05) is 32.0 Å². The van der Waals surface area contributed by atoms with Crippen LogP contribution in [0.15, 0.2) is 36.5 Å². The zero-order valence-electron chi connectivity index (χ0n) is 17.9. The van der Waals surface area contributed by atoms with Crippen LogP contribution in [-0.2, 0) is 4.79 Å². The molecule has 3 aromatic rings. The minimum Gasteiger partial charge on any atom is -0.367 e. The largest absolute Gasteiger partial charge is 0.367 e. The molecule has 2 heterocycles. The molecule has 7 nitrogen and oxygen atoms in total. The summed E-state index contributed by atoms with van der Waals surface area (Å²) in [7, 11) is 0. The zero-order chi connectivity index (χ0) is 21.1. The lowest BCUT2D eigenvalue weighted by Gasteiger charge is -2.30. The second kappa shape index (κ2) is 8.81. The summed E-state index contributed by atoms with van der Waals surface area (Å²) in [5.74, 6) is 2.03. The van der Waals surface area contributed by atoms with Gasteiger partial charge in [0.05, 0.1) is 17.3 Å². The second-order valence-corrected chi connectivity index (χ2v) is 8.26. The van der Waals surface area contributed by atoms with Crippen LogP contribution in [0.4, 0.5) is 5.82 Å². The van der Waals surface area contributed by atoms with Gasteiger partial charge in [0, 0.05) is 24.9 Å². The molecule has 158 valence electrons. The van der Waals surface area contributed by atoms with Crippen molar-refractivity contribution in [2.24, 2.45) is 0 Å². The lowest BCUT2D eigenvalue weighted by molar-refractivity contribution is -0.119. The van der Waals surface area contributed by atoms with E-state index in [1.165, 1.54) is 0 Å². The molecule has 0 radical (unpaired) electrons. The van der Waals surface area contributed by atoms with Gasteiger partial charge < -0.3 is 10.6 Å². The highest BCUT2D eigenvalue weighted by Crippen LogP contribution is 2.29. The highest BCUT2D eigenvalue weighted by Gasteiger charge is 2.24. The van der Waals surface area contributed by atoms with E-state index in [1.807, 2.05) is 41.2 Å². The van der Waals surface area contributed by atoms with Gasteiger partial charge in [-0.2, -0.15) is 5.10 Å². The highest BCUT2D eigenvalue weighted by molar-refractivity contribution is 5.87. The first-order valence-corrected chi connectivity index (χ1v) is 10.9. The predicted octanol–water partition coefficient (Wildman–Crippen LogP) is 4.19. The van der Waals surface area contributed by atoms with E-state index in [1.54, 1.807) is 6.92 Å². The van der Waals surface area contributed by atoms with E-state index < -0.39 is 0 Å². The van der Waals surface area contributed by atoms with E-state index >= 15 is 0 Å². The molecule has 2 N–H and O–H groups in total. The first kappa shape index (κ1) is 20.3. The van der Waals surface area contributed by atoms with Gasteiger partial charge in [0.15, 0.2) is 5.65 Å². The van der Waals surface area contributed by atoms with Crippen LogP contribution < -0.4 is 10.6 Å². The molecule has 1 atom stereocenters.